The molecule has 4 heteroatoms. The van der Waals surface area contributed by atoms with Crippen molar-refractivity contribution in [3.05, 3.63) is 0 Å². The Kier molecular flexibility index (Phi) is 1.48. The van der Waals surface area contributed by atoms with Crippen molar-refractivity contribution in [3.63, 3.8) is 0 Å². The van der Waals surface area contributed by atoms with Gasteiger partial charge in [-0.25, -0.2) is 0 Å². The number of nitrogens with one attached hydrogen (secondary N) is 1. The van der Waals surface area contributed by atoms with Crippen LogP contribution in [0.15, 0.2) is 0 Å². The Morgan fingerprint density at radius 3 is 2.67 bits per heavy atom. The minimum Gasteiger partial charge on any atom is -0.326 e. The number of amides is 1. The summed E-state index contributed by atoms with van der Waals surface area (Å²) < 4.78 is 0. The van der Waals surface area contributed by atoms with Crippen molar-refractivity contribution >= 4 is 11.7 Å². The third kappa shape index (κ3) is 0.876. The first-order valence-electron chi connectivity index (χ1n) is 4.17. The van der Waals surface area contributed by atoms with Crippen LogP contribution in [-0.4, -0.2) is 35.8 Å². The van der Waals surface area contributed by atoms with Crippen LogP contribution in [0.2, 0.25) is 0 Å². The number of Topliss-reactive ketones (excluding diaryl/α,β-unsaturated/α-hetero) is 1. The van der Waals surface area contributed by atoms with Gasteiger partial charge in [0, 0.05) is 19.9 Å². The van der Waals surface area contributed by atoms with Gasteiger partial charge < -0.3 is 4.90 Å². The zero-order valence-corrected chi connectivity index (χ0v) is 7.09. The first-order valence-corrected chi connectivity index (χ1v) is 4.17. The highest BCUT2D eigenvalue weighted by molar-refractivity contribution is 5.87. The van der Waals surface area contributed by atoms with E-state index in [1.165, 1.54) is 0 Å². The largest absolute Gasteiger partial charge is 0.326 e. The number of hydrogen-bond acceptors (Lipinski definition) is 3. The Balaban J connectivity index is 2.22. The molecule has 1 spiro atoms. The molecule has 0 radical (unpaired) electrons. The van der Waals surface area contributed by atoms with Crippen LogP contribution in [0.1, 0.15) is 19.3 Å². The third-order valence-corrected chi connectivity index (χ3v) is 2.89. The highest BCUT2D eigenvalue weighted by Gasteiger charge is 2.47. The predicted molar refractivity (Wildman–Crippen MR) is 42.4 cm³/mol. The Bertz CT molecular complexity index is 247. The van der Waals surface area contributed by atoms with Crippen molar-refractivity contribution in [1.29, 1.82) is 0 Å². The first-order chi connectivity index (χ1) is 5.64. The Labute approximate surface area is 70.9 Å². The lowest BCUT2D eigenvalue weighted by atomic mass is 10.1. The highest BCUT2D eigenvalue weighted by Crippen LogP contribution is 2.32. The summed E-state index contributed by atoms with van der Waals surface area (Å²) in [5.74, 6) is 0.341. The van der Waals surface area contributed by atoms with Crippen molar-refractivity contribution in [3.8, 4) is 0 Å². The summed E-state index contributed by atoms with van der Waals surface area (Å²) in [6.45, 7) is 0.379. The van der Waals surface area contributed by atoms with Gasteiger partial charge in [0.25, 0.3) is 0 Å². The summed E-state index contributed by atoms with van der Waals surface area (Å²) in [4.78, 5) is 24.0. The lowest BCUT2D eigenvalue weighted by Crippen LogP contribution is -2.48. The van der Waals surface area contributed by atoms with E-state index in [9.17, 15) is 9.59 Å². The van der Waals surface area contributed by atoms with Crippen molar-refractivity contribution in [2.24, 2.45) is 0 Å². The number of ketones is 1. The van der Waals surface area contributed by atoms with Gasteiger partial charge in [-0.05, 0) is 6.42 Å². The van der Waals surface area contributed by atoms with E-state index in [-0.39, 0.29) is 17.4 Å². The lowest BCUT2D eigenvalue weighted by molar-refractivity contribution is -0.128. The average Bonchev–Trinajstić information content (AvgIpc) is 2.53. The van der Waals surface area contributed by atoms with Crippen molar-refractivity contribution in [2.45, 2.75) is 24.9 Å². The average molecular weight is 168 g/mol. The molecule has 1 aliphatic heterocycles. The molecule has 1 heterocycles. The zero-order chi connectivity index (χ0) is 8.77. The maximum Gasteiger partial charge on any atom is 0.237 e. The molecule has 0 aromatic heterocycles. The van der Waals surface area contributed by atoms with Crippen LogP contribution in [0.4, 0.5) is 0 Å². The standard InChI is InChI=1S/C8H12N2O2/c1-10-7(12)5-9-8(10)3-2-6(11)4-8/h9H,2-5H2,1H3. The van der Waals surface area contributed by atoms with E-state index in [1.807, 2.05) is 0 Å². The van der Waals surface area contributed by atoms with Crippen LogP contribution >= 0.6 is 0 Å². The van der Waals surface area contributed by atoms with Crippen LogP contribution in [0.3, 0.4) is 0 Å². The number of carbonyl (C=O) groups is 2. The van der Waals surface area contributed by atoms with E-state index in [0.717, 1.165) is 6.42 Å². The first kappa shape index (κ1) is 7.73. The SMILES string of the molecule is CN1C(=O)CNC12CCC(=O)C2. The molecular formula is C8H12N2O2. The summed E-state index contributed by atoms with van der Waals surface area (Å²) >= 11 is 0. The maximum absolute atomic E-state index is 11.2. The molecule has 1 unspecified atom stereocenters. The molecule has 1 saturated carbocycles. The van der Waals surface area contributed by atoms with Crippen LogP contribution in [-0.2, 0) is 9.59 Å². The monoisotopic (exact) mass is 168 g/mol. The van der Waals surface area contributed by atoms with Crippen molar-refractivity contribution < 1.29 is 9.59 Å². The molecule has 0 aromatic rings. The molecule has 4 nitrogen and oxygen atoms in total. The van der Waals surface area contributed by atoms with E-state index in [2.05, 4.69) is 5.32 Å². The summed E-state index contributed by atoms with van der Waals surface area (Å²) in [5, 5.41) is 3.12. The van der Waals surface area contributed by atoms with Gasteiger partial charge in [-0.3, -0.25) is 14.9 Å². The van der Waals surface area contributed by atoms with E-state index >= 15 is 0 Å². The van der Waals surface area contributed by atoms with E-state index in [1.54, 1.807) is 11.9 Å². The summed E-state index contributed by atoms with van der Waals surface area (Å²) in [5.41, 5.74) is -0.325. The zero-order valence-electron chi connectivity index (χ0n) is 7.09. The topological polar surface area (TPSA) is 49.4 Å². The van der Waals surface area contributed by atoms with E-state index in [4.69, 9.17) is 0 Å². The predicted octanol–water partition coefficient (Wildman–Crippen LogP) is -0.503. The van der Waals surface area contributed by atoms with Gasteiger partial charge in [0.2, 0.25) is 5.91 Å². The van der Waals surface area contributed by atoms with Gasteiger partial charge in [-0.15, -0.1) is 0 Å². The number of hydrogen-bond donors (Lipinski definition) is 1. The molecule has 2 fully saturated rings. The second-order valence-corrected chi connectivity index (χ2v) is 3.55. The number of carbonyl (C=O) groups excluding carboxylic acids is 2. The quantitative estimate of drug-likeness (QED) is 0.530. The number of rotatable bonds is 0. The molecule has 66 valence electrons. The number of nitrogens with zero attached hydrogens (tertiary/aromatic N) is 1. The van der Waals surface area contributed by atoms with Crippen LogP contribution < -0.4 is 5.32 Å². The second kappa shape index (κ2) is 2.29. The van der Waals surface area contributed by atoms with Crippen molar-refractivity contribution in [2.75, 3.05) is 13.6 Å². The maximum atomic E-state index is 11.2. The van der Waals surface area contributed by atoms with Gasteiger partial charge in [0.15, 0.2) is 0 Å². The molecule has 2 rings (SSSR count). The summed E-state index contributed by atoms with van der Waals surface area (Å²) in [6, 6.07) is 0. The molecule has 1 saturated heterocycles. The van der Waals surface area contributed by atoms with Gasteiger partial charge in [-0.1, -0.05) is 0 Å². The lowest BCUT2D eigenvalue weighted by Gasteiger charge is -2.30. The normalized spacial score (nSPS) is 35.6. The summed E-state index contributed by atoms with van der Waals surface area (Å²) in [7, 11) is 1.76. The fraction of sp³-hybridized carbons (Fsp3) is 0.750. The van der Waals surface area contributed by atoms with Crippen LogP contribution in [0.25, 0.3) is 0 Å². The van der Waals surface area contributed by atoms with Crippen molar-refractivity contribution in [1.82, 2.24) is 10.2 Å². The minimum atomic E-state index is -0.325. The number of likely N-dealkylation sites (N-methyl/N-ethyl adjacent to an activating group) is 1. The second-order valence-electron chi connectivity index (χ2n) is 3.55. The molecular weight excluding hydrogens is 156 g/mol. The molecule has 0 bridgehead atoms. The molecule has 1 atom stereocenters. The van der Waals surface area contributed by atoms with E-state index in [0.29, 0.717) is 19.4 Å². The Morgan fingerprint density at radius 1 is 1.50 bits per heavy atom. The van der Waals surface area contributed by atoms with E-state index < -0.39 is 0 Å². The fourth-order valence-electron chi connectivity index (χ4n) is 2.00. The van der Waals surface area contributed by atoms with Gasteiger partial charge in [-0.2, -0.15) is 0 Å². The third-order valence-electron chi connectivity index (χ3n) is 2.89. The molecule has 12 heavy (non-hydrogen) atoms. The highest BCUT2D eigenvalue weighted by atomic mass is 16.2. The molecule has 1 aliphatic carbocycles. The Hall–Kier alpha value is -0.900. The summed E-state index contributed by atoms with van der Waals surface area (Å²) in [6.07, 6.45) is 1.86. The molecule has 2 aliphatic rings. The molecule has 1 amide bonds. The minimum absolute atomic E-state index is 0.0877. The van der Waals surface area contributed by atoms with Crippen LogP contribution in [0, 0.1) is 0 Å². The smallest absolute Gasteiger partial charge is 0.237 e. The van der Waals surface area contributed by atoms with Gasteiger partial charge >= 0.3 is 0 Å². The Morgan fingerprint density at radius 2 is 2.25 bits per heavy atom. The fourth-order valence-corrected chi connectivity index (χ4v) is 2.00. The molecule has 0 aromatic carbocycles. The molecule has 1 N–H and O–H groups in total. The van der Waals surface area contributed by atoms with Crippen LogP contribution in [0.5, 0.6) is 0 Å². The van der Waals surface area contributed by atoms with Gasteiger partial charge in [0.05, 0.1) is 6.54 Å². The van der Waals surface area contributed by atoms with Gasteiger partial charge in [0.1, 0.15) is 11.4 Å².